The highest BCUT2D eigenvalue weighted by atomic mass is 16.6. The molecule has 0 amide bonds. The second-order valence-electron chi connectivity index (χ2n) is 9.00. The average Bonchev–Trinajstić information content (AvgIpc) is 2.98. The Hall–Kier alpha value is -4.29. The fraction of sp³-hybridized carbons (Fsp3) is 0.370. The van der Waals surface area contributed by atoms with Gasteiger partial charge in [-0.05, 0) is 42.8 Å². The van der Waals surface area contributed by atoms with Gasteiger partial charge in [-0.3, -0.25) is 0 Å². The molecule has 12 nitrogen and oxygen atoms in total. The molecule has 0 saturated carbocycles. The number of nitrogens with one attached hydrogen (secondary N) is 1. The van der Waals surface area contributed by atoms with E-state index in [4.69, 9.17) is 23.9 Å². The highest BCUT2D eigenvalue weighted by molar-refractivity contribution is 5.91. The van der Waals surface area contributed by atoms with Crippen molar-refractivity contribution in [3.8, 4) is 11.5 Å². The smallest absolute Gasteiger partial charge is 0.343 e. The van der Waals surface area contributed by atoms with Crippen LogP contribution in [0.1, 0.15) is 21.5 Å². The zero-order valence-corrected chi connectivity index (χ0v) is 22.0. The van der Waals surface area contributed by atoms with Crippen molar-refractivity contribution in [3.05, 3.63) is 59.2 Å². The zero-order chi connectivity index (χ0) is 27.0. The van der Waals surface area contributed by atoms with Gasteiger partial charge in [-0.25, -0.2) is 10.2 Å². The lowest BCUT2D eigenvalue weighted by atomic mass is 10.1. The Labute approximate surface area is 226 Å². The molecule has 12 heteroatoms. The van der Waals surface area contributed by atoms with E-state index in [1.54, 1.807) is 36.5 Å². The van der Waals surface area contributed by atoms with E-state index in [-0.39, 0.29) is 0 Å². The molecule has 204 valence electrons. The van der Waals surface area contributed by atoms with Gasteiger partial charge in [0.15, 0.2) is 11.5 Å². The van der Waals surface area contributed by atoms with Crippen LogP contribution in [0.3, 0.4) is 0 Å². The first-order chi connectivity index (χ1) is 19.1. The number of aryl methyl sites for hydroxylation is 1. The van der Waals surface area contributed by atoms with Crippen LogP contribution in [-0.2, 0) is 9.47 Å². The molecule has 39 heavy (non-hydrogen) atoms. The number of ether oxygens (including phenoxy) is 4. The minimum atomic E-state index is -0.456. The van der Waals surface area contributed by atoms with E-state index in [9.17, 15) is 4.79 Å². The van der Waals surface area contributed by atoms with Gasteiger partial charge in [0.25, 0.3) is 0 Å². The number of methoxy groups -OCH3 is 1. The molecule has 0 spiro atoms. The number of aromatic nitrogens is 3. The Balaban J connectivity index is 1.30. The number of morpholine rings is 2. The summed E-state index contributed by atoms with van der Waals surface area (Å²) < 4.78 is 22.0. The van der Waals surface area contributed by atoms with E-state index in [2.05, 4.69) is 30.3 Å². The molecule has 5 rings (SSSR count). The summed E-state index contributed by atoms with van der Waals surface area (Å²) in [6, 6.07) is 12.4. The first-order valence-electron chi connectivity index (χ1n) is 12.8. The molecule has 2 saturated heterocycles. The van der Waals surface area contributed by atoms with E-state index in [1.165, 1.54) is 7.11 Å². The molecule has 0 bridgehead atoms. The van der Waals surface area contributed by atoms with Crippen LogP contribution in [-0.4, -0.2) is 86.9 Å². The Morgan fingerprint density at radius 1 is 0.923 bits per heavy atom. The van der Waals surface area contributed by atoms with Gasteiger partial charge in [0, 0.05) is 26.2 Å². The Bertz CT molecular complexity index is 1290. The normalized spacial score (nSPS) is 15.8. The van der Waals surface area contributed by atoms with Crippen molar-refractivity contribution >= 4 is 30.0 Å². The van der Waals surface area contributed by atoms with Crippen LogP contribution >= 0.6 is 0 Å². The molecule has 2 fully saturated rings. The van der Waals surface area contributed by atoms with E-state index in [1.807, 2.05) is 19.1 Å². The Morgan fingerprint density at radius 3 is 2.21 bits per heavy atom. The Kier molecular flexibility index (Phi) is 8.44. The molecule has 1 aromatic heterocycles. The summed E-state index contributed by atoms with van der Waals surface area (Å²) >= 11 is 0. The second kappa shape index (κ2) is 12.5. The molecule has 0 unspecified atom stereocenters. The topological polar surface area (TPSA) is 124 Å². The summed E-state index contributed by atoms with van der Waals surface area (Å²) in [5, 5.41) is 4.33. The first kappa shape index (κ1) is 26.3. The van der Waals surface area contributed by atoms with E-state index >= 15 is 0 Å². The van der Waals surface area contributed by atoms with Gasteiger partial charge in [0.1, 0.15) is 0 Å². The van der Waals surface area contributed by atoms with Crippen molar-refractivity contribution in [1.82, 2.24) is 15.0 Å². The van der Waals surface area contributed by atoms with Gasteiger partial charge < -0.3 is 28.7 Å². The lowest BCUT2D eigenvalue weighted by Gasteiger charge is -2.30. The van der Waals surface area contributed by atoms with Gasteiger partial charge in [0.05, 0.1) is 45.3 Å². The first-order valence-corrected chi connectivity index (χ1v) is 12.8. The highest BCUT2D eigenvalue weighted by Crippen LogP contribution is 2.28. The fourth-order valence-corrected chi connectivity index (χ4v) is 4.16. The fourth-order valence-electron chi connectivity index (χ4n) is 4.16. The van der Waals surface area contributed by atoms with Crippen molar-refractivity contribution in [3.63, 3.8) is 0 Å². The van der Waals surface area contributed by atoms with Crippen LogP contribution in [0.15, 0.2) is 47.6 Å². The monoisotopic (exact) mass is 533 g/mol. The molecule has 3 aromatic rings. The maximum atomic E-state index is 12.6. The minimum absolute atomic E-state index is 0.317. The number of hydrogen-bond donors (Lipinski definition) is 1. The third-order valence-electron chi connectivity index (χ3n) is 6.22. The van der Waals surface area contributed by atoms with E-state index in [0.717, 1.165) is 11.1 Å². The number of hydrogen-bond acceptors (Lipinski definition) is 12. The lowest BCUT2D eigenvalue weighted by Crippen LogP contribution is -2.40. The number of nitrogens with zero attached hydrogens (tertiary/aromatic N) is 6. The summed E-state index contributed by atoms with van der Waals surface area (Å²) in [5.41, 5.74) is 5.10. The summed E-state index contributed by atoms with van der Waals surface area (Å²) in [5.74, 6) is 1.76. The van der Waals surface area contributed by atoms with Crippen molar-refractivity contribution in [1.29, 1.82) is 0 Å². The largest absolute Gasteiger partial charge is 0.493 e. The standard InChI is InChI=1S/C27H31N7O5/c1-19-4-3-5-21(16-19)24(35)39-22-7-6-20(17-23(22)36-2)18-28-32-25-29-26(33-8-12-37-13-9-33)31-27(30-25)34-10-14-38-15-11-34/h3-7,16-18H,8-15H2,1-2H3,(H,29,30,31,32). The van der Waals surface area contributed by atoms with Crippen LogP contribution in [0, 0.1) is 6.92 Å². The molecule has 2 aromatic carbocycles. The van der Waals surface area contributed by atoms with Crippen LogP contribution in [0.2, 0.25) is 0 Å². The molecular weight excluding hydrogens is 502 g/mol. The summed E-state index contributed by atoms with van der Waals surface area (Å²) in [6.07, 6.45) is 1.61. The third kappa shape index (κ3) is 6.78. The van der Waals surface area contributed by atoms with Gasteiger partial charge in [-0.15, -0.1) is 0 Å². The third-order valence-corrected chi connectivity index (χ3v) is 6.22. The van der Waals surface area contributed by atoms with Gasteiger partial charge in [0.2, 0.25) is 17.8 Å². The number of hydrazone groups is 1. The average molecular weight is 534 g/mol. The molecular formula is C27H31N7O5. The number of esters is 1. The summed E-state index contributed by atoms with van der Waals surface area (Å²) in [6.45, 7) is 7.23. The van der Waals surface area contributed by atoms with Crippen molar-refractivity contribution in [2.45, 2.75) is 6.92 Å². The van der Waals surface area contributed by atoms with Gasteiger partial charge in [-0.1, -0.05) is 17.7 Å². The van der Waals surface area contributed by atoms with E-state index < -0.39 is 5.97 Å². The Morgan fingerprint density at radius 2 is 1.59 bits per heavy atom. The predicted octanol–water partition coefficient (Wildman–Crippen LogP) is 2.53. The second-order valence-corrected chi connectivity index (χ2v) is 9.00. The quantitative estimate of drug-likeness (QED) is 0.199. The van der Waals surface area contributed by atoms with Crippen molar-refractivity contribution in [2.24, 2.45) is 5.10 Å². The zero-order valence-electron chi connectivity index (χ0n) is 22.0. The van der Waals surface area contributed by atoms with Crippen LogP contribution < -0.4 is 24.7 Å². The number of carbonyl (C=O) groups excluding carboxylic acids is 1. The summed E-state index contributed by atoms with van der Waals surface area (Å²) in [7, 11) is 1.52. The SMILES string of the molecule is COc1cc(C=NNc2nc(N3CCOCC3)nc(N3CCOCC3)n2)ccc1OC(=O)c1cccc(C)c1. The molecule has 2 aliphatic rings. The number of rotatable bonds is 8. The molecule has 3 heterocycles. The van der Waals surface area contributed by atoms with Crippen molar-refractivity contribution in [2.75, 3.05) is 74.9 Å². The van der Waals surface area contributed by atoms with E-state index in [0.29, 0.717) is 87.5 Å². The van der Waals surface area contributed by atoms with Crippen LogP contribution in [0.25, 0.3) is 0 Å². The van der Waals surface area contributed by atoms with Gasteiger partial charge >= 0.3 is 5.97 Å². The van der Waals surface area contributed by atoms with Crippen LogP contribution in [0.5, 0.6) is 11.5 Å². The van der Waals surface area contributed by atoms with Crippen LogP contribution in [0.4, 0.5) is 17.8 Å². The highest BCUT2D eigenvalue weighted by Gasteiger charge is 2.20. The number of anilines is 3. The maximum Gasteiger partial charge on any atom is 0.343 e. The molecule has 0 aliphatic carbocycles. The predicted molar refractivity (Wildman–Crippen MR) is 146 cm³/mol. The maximum absolute atomic E-state index is 12.6. The lowest BCUT2D eigenvalue weighted by molar-refractivity contribution is 0.0729. The summed E-state index contributed by atoms with van der Waals surface area (Å²) in [4.78, 5) is 30.6. The van der Waals surface area contributed by atoms with Gasteiger partial charge in [-0.2, -0.15) is 20.1 Å². The molecule has 0 radical (unpaired) electrons. The molecule has 2 aliphatic heterocycles. The van der Waals surface area contributed by atoms with Crippen molar-refractivity contribution < 1.29 is 23.7 Å². The molecule has 1 N–H and O–H groups in total. The molecule has 0 atom stereocenters. The number of benzene rings is 2. The number of carbonyl (C=O) groups is 1. The minimum Gasteiger partial charge on any atom is -0.493 e.